The Kier molecular flexibility index (Phi) is 10.6. The van der Waals surface area contributed by atoms with E-state index in [1.54, 1.807) is 36.4 Å². The molecule has 1 atom stereocenters. The van der Waals surface area contributed by atoms with Gasteiger partial charge in [0.25, 0.3) is 15.1 Å². The summed E-state index contributed by atoms with van der Waals surface area (Å²) in [5, 5.41) is 14.8. The highest BCUT2D eigenvalue weighted by Crippen LogP contribution is 2.47. The second-order valence-corrected chi connectivity index (χ2v) is 15.1. The summed E-state index contributed by atoms with van der Waals surface area (Å²) in [6.45, 7) is 3.62. The molecule has 1 aliphatic rings. The van der Waals surface area contributed by atoms with Crippen LogP contribution in [0.15, 0.2) is 70.6 Å². The first-order valence-corrected chi connectivity index (χ1v) is 18.1. The molecule has 246 valence electrons. The van der Waals surface area contributed by atoms with Crippen LogP contribution in [-0.2, 0) is 26.4 Å². The van der Waals surface area contributed by atoms with Gasteiger partial charge in [0, 0.05) is 33.8 Å². The summed E-state index contributed by atoms with van der Waals surface area (Å²) in [6.07, 6.45) is 2.88. The number of aldehydes is 1. The van der Waals surface area contributed by atoms with Crippen LogP contribution < -0.4 is 19.7 Å². The number of aryl methyl sites for hydroxylation is 1. The monoisotopic (exact) mass is 715 g/mol. The molecule has 5 rings (SSSR count). The number of rotatable bonds is 13. The molecule has 0 aliphatic carbocycles. The van der Waals surface area contributed by atoms with Crippen LogP contribution in [0.1, 0.15) is 34.3 Å². The average Bonchev–Trinajstić information content (AvgIpc) is 3.54. The Hall–Kier alpha value is -3.95. The third-order valence-corrected chi connectivity index (χ3v) is 10.8. The van der Waals surface area contributed by atoms with E-state index in [-0.39, 0.29) is 25.4 Å². The van der Waals surface area contributed by atoms with Crippen LogP contribution in [0.3, 0.4) is 0 Å². The maximum absolute atomic E-state index is 13.3. The molecule has 1 amide bonds. The smallest absolute Gasteiger partial charge is 0.326 e. The first kappa shape index (κ1) is 34.4. The molecule has 47 heavy (non-hydrogen) atoms. The molecule has 1 aromatic heterocycles. The van der Waals surface area contributed by atoms with Crippen LogP contribution in [0.2, 0.25) is 5.02 Å². The Morgan fingerprint density at radius 3 is 2.55 bits per heavy atom. The Labute approximate surface area is 285 Å². The maximum Gasteiger partial charge on any atom is 0.326 e. The molecule has 3 aromatic carbocycles. The van der Waals surface area contributed by atoms with Gasteiger partial charge in [-0.15, -0.1) is 0 Å². The first-order valence-electron chi connectivity index (χ1n) is 14.5. The van der Waals surface area contributed by atoms with Crippen molar-refractivity contribution in [1.29, 1.82) is 0 Å². The Bertz CT molecular complexity index is 1980. The minimum atomic E-state index is -4.12. The molecule has 0 saturated heterocycles. The third kappa shape index (κ3) is 8.32. The number of hydrogen-bond acceptors (Lipinski definition) is 9. The molecule has 0 fully saturated rings. The number of anilines is 2. The van der Waals surface area contributed by atoms with E-state index in [4.69, 9.17) is 11.6 Å². The number of amides is 1. The van der Waals surface area contributed by atoms with E-state index < -0.39 is 28.0 Å². The highest BCUT2D eigenvalue weighted by atomic mass is 35.5. The van der Waals surface area contributed by atoms with Gasteiger partial charge in [0.15, 0.2) is 0 Å². The molecule has 0 saturated carbocycles. The summed E-state index contributed by atoms with van der Waals surface area (Å²) >= 11 is 9.40. The van der Waals surface area contributed by atoms with Gasteiger partial charge in [-0.3, -0.25) is 19.5 Å². The van der Waals surface area contributed by atoms with Crippen molar-refractivity contribution in [2.24, 2.45) is 0 Å². The molecule has 4 aromatic rings. The normalized spacial score (nSPS) is 14.3. The van der Waals surface area contributed by atoms with Crippen molar-refractivity contribution in [2.75, 3.05) is 28.6 Å². The van der Waals surface area contributed by atoms with E-state index in [1.165, 1.54) is 34.9 Å². The molecule has 0 bridgehead atoms. The number of halogens is 1. The molecule has 0 radical (unpaired) electrons. The number of benzene rings is 3. The van der Waals surface area contributed by atoms with Gasteiger partial charge in [0.2, 0.25) is 18.1 Å². The fourth-order valence-electron chi connectivity index (χ4n) is 5.11. The number of carbonyl (C=O) groups is 3. The number of carbonyl (C=O) groups excluding carboxylic acids is 2. The molecular weight excluding hydrogens is 684 g/mol. The number of carboxylic acid groups (broad SMARTS) is 1. The third-order valence-electron chi connectivity index (χ3n) is 7.54. The fourth-order valence-corrected chi connectivity index (χ4v) is 8.03. The van der Waals surface area contributed by atoms with Crippen molar-refractivity contribution < 1.29 is 37.0 Å². The lowest BCUT2D eigenvalue weighted by Crippen LogP contribution is -2.50. The number of aromatic nitrogens is 1. The van der Waals surface area contributed by atoms with Gasteiger partial charge in [0.05, 0.1) is 29.1 Å². The summed E-state index contributed by atoms with van der Waals surface area (Å²) in [5.74, 6) is -1.89. The molecule has 1 aliphatic heterocycles. The zero-order valence-electron chi connectivity index (χ0n) is 25.4. The van der Waals surface area contributed by atoms with Gasteiger partial charge in [-0.25, -0.2) is 4.79 Å². The van der Waals surface area contributed by atoms with Crippen molar-refractivity contribution in [1.82, 2.24) is 5.32 Å². The van der Waals surface area contributed by atoms with Gasteiger partial charge in [-0.05, 0) is 74.4 Å². The van der Waals surface area contributed by atoms with E-state index in [1.807, 2.05) is 46.7 Å². The lowest BCUT2D eigenvalue weighted by atomic mass is 10.1. The van der Waals surface area contributed by atoms with Crippen LogP contribution >= 0.6 is 34.7 Å². The molecule has 0 spiro atoms. The quantitative estimate of drug-likeness (QED) is 0.0958. The fraction of sp³-hybridized carbons (Fsp3) is 0.250. The second-order valence-electron chi connectivity index (χ2n) is 10.9. The van der Waals surface area contributed by atoms with E-state index in [0.29, 0.717) is 29.1 Å². The predicted octanol–water partition coefficient (Wildman–Crippen LogP) is 5.21. The second kappa shape index (κ2) is 14.4. The number of thioether (sulfide) groups is 1. The van der Waals surface area contributed by atoms with Crippen molar-refractivity contribution in [2.45, 2.75) is 37.9 Å². The van der Waals surface area contributed by atoms with E-state index >= 15 is 0 Å². The van der Waals surface area contributed by atoms with Crippen molar-refractivity contribution >= 4 is 90.6 Å². The minimum absolute atomic E-state index is 0.0527. The van der Waals surface area contributed by atoms with Crippen LogP contribution in [0.4, 0.5) is 11.4 Å². The van der Waals surface area contributed by atoms with Gasteiger partial charge in [-0.1, -0.05) is 40.8 Å². The van der Waals surface area contributed by atoms with Gasteiger partial charge >= 0.3 is 5.97 Å². The van der Waals surface area contributed by atoms with Crippen molar-refractivity contribution in [3.05, 3.63) is 86.8 Å². The van der Waals surface area contributed by atoms with Gasteiger partial charge < -0.3 is 14.9 Å². The highest BCUT2D eigenvalue weighted by Gasteiger charge is 2.29. The molecule has 2 heterocycles. The number of carboxylic acids is 1. The number of nitrogens with one attached hydrogen (secondary N) is 1. The summed E-state index contributed by atoms with van der Waals surface area (Å²) in [7, 11) is -4.12. The summed E-state index contributed by atoms with van der Waals surface area (Å²) in [5.41, 5.74) is 3.68. The Balaban J connectivity index is 1.44. The summed E-state index contributed by atoms with van der Waals surface area (Å²) < 4.78 is 35.0. The summed E-state index contributed by atoms with van der Waals surface area (Å²) in [4.78, 5) is 40.8. The summed E-state index contributed by atoms with van der Waals surface area (Å²) in [6, 6.07) is 16.8. The number of hydrogen-bond donors (Lipinski definition) is 3. The number of nitrogens with zero attached hydrogens (tertiary/aromatic N) is 3. The maximum atomic E-state index is 13.3. The topological polar surface area (TPSA) is 148 Å². The highest BCUT2D eigenvalue weighted by molar-refractivity contribution is 8.03. The lowest BCUT2D eigenvalue weighted by Gasteiger charge is -2.28. The first-order chi connectivity index (χ1) is 22.3. The van der Waals surface area contributed by atoms with E-state index in [2.05, 4.69) is 5.32 Å². The standard InChI is InChI=1S/C32H31ClN4O7S3/c1-20-4-10-27-25(14-20)35(12-3-13-47(42,43)44)30(45-27)16-31-37(26-15-23(33)7-11-28(26)46-31)19-34-29(39)17-36(21(2)32(40)41)24-8-5-22(18-38)6-9-24/h4-11,14-16,18,21H,3,12-13,17,19H2,1-2H3,(H2-,34,39,40,41,42,43,44)/p+1. The number of aliphatic carboxylic acids is 1. The zero-order chi connectivity index (χ0) is 33.9. The van der Waals surface area contributed by atoms with Gasteiger partial charge in [-0.2, -0.15) is 13.0 Å². The largest absolute Gasteiger partial charge is 0.480 e. The van der Waals surface area contributed by atoms with E-state index in [9.17, 15) is 32.5 Å². The Morgan fingerprint density at radius 1 is 1.13 bits per heavy atom. The zero-order valence-corrected chi connectivity index (χ0v) is 28.6. The Morgan fingerprint density at radius 2 is 1.87 bits per heavy atom. The van der Waals surface area contributed by atoms with Crippen molar-refractivity contribution in [3.63, 3.8) is 0 Å². The minimum Gasteiger partial charge on any atom is -0.480 e. The van der Waals surface area contributed by atoms with Crippen LogP contribution in [0.5, 0.6) is 0 Å². The average molecular weight is 716 g/mol. The molecule has 1 unspecified atom stereocenters. The van der Waals surface area contributed by atoms with Crippen LogP contribution in [0.25, 0.3) is 16.3 Å². The van der Waals surface area contributed by atoms with Crippen molar-refractivity contribution in [3.8, 4) is 0 Å². The van der Waals surface area contributed by atoms with E-state index in [0.717, 1.165) is 36.4 Å². The SMILES string of the molecule is Cc1ccc2c(c1)N(CCCS(=O)(=O)O)/C(=C/c1sc3ccc(Cl)cc3[n+]1CNC(=O)CN(c1ccc(C=O)cc1)C(C)C(=O)O)S2. The van der Waals surface area contributed by atoms with Gasteiger partial charge in [0.1, 0.15) is 17.0 Å². The number of thiazole rings is 1. The molecule has 3 N–H and O–H groups in total. The molecule has 15 heteroatoms. The predicted molar refractivity (Wildman–Crippen MR) is 185 cm³/mol. The molecular formula is C32H32ClN4O7S3+. The molecule has 11 nitrogen and oxygen atoms in total. The number of fused-ring (bicyclic) bond motifs is 2. The van der Waals surface area contributed by atoms with Crippen LogP contribution in [0, 0.1) is 6.92 Å². The lowest BCUT2D eigenvalue weighted by molar-refractivity contribution is -0.672. The van der Waals surface area contributed by atoms with Crippen LogP contribution in [-0.4, -0.2) is 61.1 Å².